The summed E-state index contributed by atoms with van der Waals surface area (Å²) in [4.78, 5) is 32.7. The number of rotatable bonds is 12. The van der Waals surface area contributed by atoms with Crippen LogP contribution < -0.4 is 43.3 Å². The normalized spacial score (nSPS) is 15.2. The summed E-state index contributed by atoms with van der Waals surface area (Å²) in [6.45, 7) is 10.3. The minimum Gasteiger partial charge on any atom is -0.493 e. The van der Waals surface area contributed by atoms with Gasteiger partial charge in [0.1, 0.15) is 6.61 Å². The standard InChI is InChI=1S/C37H38N2O9S/c1-7-43-30-15-23(9-12-26(30)45-19-24-10-13-27-31(16-24)47-20-46-27)17-32-35(40)39-34(25-11-14-28(48-21(3)4)29(18-25)42-6)33(36(41)44-8-2)22(5)38-37(39)49-32/h9-18,21,34H,7-8,19-20H2,1-6H3/b32-17-/t34-/m0/s1. The minimum absolute atomic E-state index is 0.0754. The van der Waals surface area contributed by atoms with Crippen LogP contribution in [0.1, 0.15) is 57.4 Å². The van der Waals surface area contributed by atoms with Gasteiger partial charge < -0.3 is 33.2 Å². The number of carbonyl (C=O) groups excluding carboxylic acids is 1. The molecule has 0 radical (unpaired) electrons. The molecule has 0 saturated heterocycles. The molecule has 1 aromatic heterocycles. The van der Waals surface area contributed by atoms with E-state index in [-0.39, 0.29) is 30.6 Å². The molecule has 0 bridgehead atoms. The Bertz CT molecular complexity index is 2100. The maximum atomic E-state index is 14.2. The highest BCUT2D eigenvalue weighted by atomic mass is 32.1. The topological polar surface area (TPSA) is 116 Å². The van der Waals surface area contributed by atoms with Gasteiger partial charge in [-0.1, -0.05) is 29.5 Å². The number of methoxy groups -OCH3 is 1. The SMILES string of the molecule is CCOC(=O)C1=C(C)N=c2s/c(=C\c3ccc(OCc4ccc5c(c4)OCO5)c(OCC)c3)c(=O)n2[C@H]1c1ccc(OC(C)C)c(OC)c1. The van der Waals surface area contributed by atoms with Crippen LogP contribution >= 0.6 is 11.3 Å². The van der Waals surface area contributed by atoms with Crippen LogP contribution in [0.15, 0.2) is 75.7 Å². The van der Waals surface area contributed by atoms with E-state index in [2.05, 4.69) is 4.99 Å². The lowest BCUT2D eigenvalue weighted by Gasteiger charge is -2.25. The van der Waals surface area contributed by atoms with Crippen molar-refractivity contribution in [1.82, 2.24) is 4.57 Å². The largest absolute Gasteiger partial charge is 0.493 e. The Morgan fingerprint density at radius 1 is 0.980 bits per heavy atom. The summed E-state index contributed by atoms with van der Waals surface area (Å²) in [5.41, 5.74) is 2.76. The van der Waals surface area contributed by atoms with E-state index < -0.39 is 12.0 Å². The summed E-state index contributed by atoms with van der Waals surface area (Å²) in [5.74, 6) is 3.00. The van der Waals surface area contributed by atoms with Crippen LogP contribution in [0.2, 0.25) is 0 Å². The molecule has 0 spiro atoms. The van der Waals surface area contributed by atoms with E-state index in [0.29, 0.717) is 68.3 Å². The van der Waals surface area contributed by atoms with E-state index in [4.69, 9.17) is 33.2 Å². The van der Waals surface area contributed by atoms with Crippen LogP contribution in [0.25, 0.3) is 6.08 Å². The number of thiazole rings is 1. The zero-order valence-electron chi connectivity index (χ0n) is 28.2. The number of allylic oxidation sites excluding steroid dienone is 1. The number of carbonyl (C=O) groups is 1. The van der Waals surface area contributed by atoms with Crippen molar-refractivity contribution >= 4 is 23.4 Å². The summed E-state index contributed by atoms with van der Waals surface area (Å²) >= 11 is 1.24. The Labute approximate surface area is 287 Å². The smallest absolute Gasteiger partial charge is 0.338 e. The van der Waals surface area contributed by atoms with Crippen LogP contribution in [0.3, 0.4) is 0 Å². The summed E-state index contributed by atoms with van der Waals surface area (Å²) < 4.78 is 41.9. The number of ether oxygens (including phenoxy) is 7. The zero-order valence-corrected chi connectivity index (χ0v) is 29.1. The molecule has 0 saturated carbocycles. The highest BCUT2D eigenvalue weighted by molar-refractivity contribution is 7.07. The molecule has 0 aliphatic carbocycles. The first kappa shape index (κ1) is 33.7. The minimum atomic E-state index is -0.801. The molecule has 12 heteroatoms. The fraction of sp³-hybridized carbons (Fsp3) is 0.324. The number of esters is 1. The highest BCUT2D eigenvalue weighted by Crippen LogP contribution is 2.37. The van der Waals surface area contributed by atoms with Gasteiger partial charge >= 0.3 is 5.97 Å². The summed E-state index contributed by atoms with van der Waals surface area (Å²) in [6.07, 6.45) is 1.71. The second kappa shape index (κ2) is 14.5. The summed E-state index contributed by atoms with van der Waals surface area (Å²) in [5, 5.41) is 0. The molecule has 0 N–H and O–H groups in total. The molecule has 3 aromatic carbocycles. The van der Waals surface area contributed by atoms with Gasteiger partial charge in [0.05, 0.1) is 48.3 Å². The third-order valence-electron chi connectivity index (χ3n) is 7.78. The second-order valence-electron chi connectivity index (χ2n) is 11.5. The molecule has 6 rings (SSSR count). The average Bonchev–Trinajstić information content (AvgIpc) is 3.67. The van der Waals surface area contributed by atoms with Crippen LogP contribution in [0.4, 0.5) is 0 Å². The van der Waals surface area contributed by atoms with Crippen molar-refractivity contribution in [2.24, 2.45) is 4.99 Å². The summed E-state index contributed by atoms with van der Waals surface area (Å²) in [7, 11) is 1.55. The lowest BCUT2D eigenvalue weighted by atomic mass is 9.95. The van der Waals surface area contributed by atoms with Crippen LogP contribution in [-0.2, 0) is 16.1 Å². The van der Waals surface area contributed by atoms with Gasteiger partial charge in [0.2, 0.25) is 6.79 Å². The lowest BCUT2D eigenvalue weighted by molar-refractivity contribution is -0.139. The fourth-order valence-corrected chi connectivity index (χ4v) is 6.70. The average molecular weight is 687 g/mol. The van der Waals surface area contributed by atoms with Crippen LogP contribution in [0.5, 0.6) is 34.5 Å². The number of aromatic nitrogens is 1. The molecule has 2 aliphatic heterocycles. The molecule has 3 heterocycles. The van der Waals surface area contributed by atoms with Crippen molar-refractivity contribution < 1.29 is 38.0 Å². The molecule has 0 amide bonds. The molecule has 2 aliphatic rings. The van der Waals surface area contributed by atoms with E-state index >= 15 is 0 Å². The quantitative estimate of drug-likeness (QED) is 0.183. The van der Waals surface area contributed by atoms with Gasteiger partial charge in [-0.25, -0.2) is 9.79 Å². The number of nitrogens with zero attached hydrogens (tertiary/aromatic N) is 2. The first-order valence-electron chi connectivity index (χ1n) is 16.0. The molecule has 0 unspecified atom stereocenters. The first-order valence-corrected chi connectivity index (χ1v) is 16.8. The molecular formula is C37H38N2O9S. The zero-order chi connectivity index (χ0) is 34.7. The summed E-state index contributed by atoms with van der Waals surface area (Å²) in [6, 6.07) is 15.8. The van der Waals surface area contributed by atoms with Crippen molar-refractivity contribution in [3.8, 4) is 34.5 Å². The first-order chi connectivity index (χ1) is 23.7. The Kier molecular flexibility index (Phi) is 9.95. The number of hydrogen-bond acceptors (Lipinski definition) is 11. The molecule has 49 heavy (non-hydrogen) atoms. The predicted octanol–water partition coefficient (Wildman–Crippen LogP) is 5.30. The van der Waals surface area contributed by atoms with Crippen molar-refractivity contribution in [2.45, 2.75) is 53.4 Å². The van der Waals surface area contributed by atoms with Gasteiger partial charge in [-0.3, -0.25) is 9.36 Å². The fourth-order valence-electron chi connectivity index (χ4n) is 5.66. The van der Waals surface area contributed by atoms with Crippen molar-refractivity contribution in [2.75, 3.05) is 27.1 Å². The van der Waals surface area contributed by atoms with Crippen LogP contribution in [-0.4, -0.2) is 43.8 Å². The van der Waals surface area contributed by atoms with E-state index in [1.165, 1.54) is 11.3 Å². The van der Waals surface area contributed by atoms with Crippen LogP contribution in [0, 0.1) is 0 Å². The van der Waals surface area contributed by atoms with Gasteiger partial charge in [-0.2, -0.15) is 0 Å². The monoisotopic (exact) mass is 686 g/mol. The van der Waals surface area contributed by atoms with Gasteiger partial charge in [0.25, 0.3) is 5.56 Å². The molecule has 1 atom stereocenters. The number of hydrogen-bond donors (Lipinski definition) is 0. The third kappa shape index (κ3) is 7.00. The number of fused-ring (bicyclic) bond motifs is 2. The molecule has 256 valence electrons. The van der Waals surface area contributed by atoms with E-state index in [1.807, 2.05) is 63.2 Å². The molecular weight excluding hydrogens is 648 g/mol. The predicted molar refractivity (Wildman–Crippen MR) is 184 cm³/mol. The van der Waals surface area contributed by atoms with E-state index in [1.54, 1.807) is 43.7 Å². The maximum absolute atomic E-state index is 14.2. The van der Waals surface area contributed by atoms with Crippen molar-refractivity contribution in [3.63, 3.8) is 0 Å². The van der Waals surface area contributed by atoms with Gasteiger partial charge in [0, 0.05) is 0 Å². The van der Waals surface area contributed by atoms with E-state index in [0.717, 1.165) is 11.1 Å². The third-order valence-corrected chi connectivity index (χ3v) is 8.76. The van der Waals surface area contributed by atoms with Gasteiger partial charge in [0.15, 0.2) is 39.3 Å². The Morgan fingerprint density at radius 3 is 2.53 bits per heavy atom. The Morgan fingerprint density at radius 2 is 1.78 bits per heavy atom. The second-order valence-corrected chi connectivity index (χ2v) is 12.5. The maximum Gasteiger partial charge on any atom is 0.338 e. The van der Waals surface area contributed by atoms with Gasteiger partial charge in [-0.15, -0.1) is 0 Å². The highest BCUT2D eigenvalue weighted by Gasteiger charge is 2.34. The Balaban J connectivity index is 1.37. The number of benzene rings is 3. The molecule has 4 aromatic rings. The Hall–Kier alpha value is -5.23. The lowest BCUT2D eigenvalue weighted by Crippen LogP contribution is -2.40. The molecule has 11 nitrogen and oxygen atoms in total. The molecule has 0 fully saturated rings. The van der Waals surface area contributed by atoms with Crippen molar-refractivity contribution in [3.05, 3.63) is 102 Å². The van der Waals surface area contributed by atoms with Gasteiger partial charge in [-0.05, 0) is 93.8 Å². The van der Waals surface area contributed by atoms with Crippen molar-refractivity contribution in [1.29, 1.82) is 0 Å². The van der Waals surface area contributed by atoms with E-state index in [9.17, 15) is 9.59 Å².